The number of fused-ring (bicyclic) bond motifs is 1. The maximum Gasteiger partial charge on any atom is 0.317 e. The summed E-state index contributed by atoms with van der Waals surface area (Å²) < 4.78 is 0. The highest BCUT2D eigenvalue weighted by Gasteiger charge is 2.19. The summed E-state index contributed by atoms with van der Waals surface area (Å²) in [5.74, 6) is 0.805. The molecule has 1 aromatic heterocycles. The topological polar surface area (TPSA) is 67.5 Å². The molecule has 0 bridgehead atoms. The van der Waals surface area contributed by atoms with E-state index in [2.05, 4.69) is 52.0 Å². The molecule has 1 unspecified atom stereocenters. The normalized spacial score (nSPS) is 17.2. The lowest BCUT2D eigenvalue weighted by Gasteiger charge is -2.36. The first-order valence-electron chi connectivity index (χ1n) is 9.79. The van der Waals surface area contributed by atoms with Gasteiger partial charge in [-0.2, -0.15) is 0 Å². The minimum atomic E-state index is -0.0581. The molecule has 1 fully saturated rings. The third-order valence-electron chi connectivity index (χ3n) is 5.42. The quantitative estimate of drug-likeness (QED) is 0.814. The third kappa shape index (κ3) is 5.20. The predicted octanol–water partition coefficient (Wildman–Crippen LogP) is 2.04. The van der Waals surface area contributed by atoms with E-state index in [0.717, 1.165) is 49.5 Å². The van der Waals surface area contributed by atoms with Crippen LogP contribution in [0.3, 0.4) is 0 Å². The van der Waals surface area contributed by atoms with Gasteiger partial charge in [0.1, 0.15) is 5.82 Å². The van der Waals surface area contributed by atoms with E-state index in [1.54, 1.807) is 11.9 Å². The fourth-order valence-electron chi connectivity index (χ4n) is 3.52. The number of aryl methyl sites for hydroxylation is 1. The lowest BCUT2D eigenvalue weighted by Crippen LogP contribution is -2.49. The van der Waals surface area contributed by atoms with Crippen LogP contribution in [0.4, 0.5) is 4.79 Å². The van der Waals surface area contributed by atoms with Crippen LogP contribution in [0.2, 0.25) is 0 Å². The van der Waals surface area contributed by atoms with Gasteiger partial charge in [-0.3, -0.25) is 4.90 Å². The number of imidazole rings is 1. The van der Waals surface area contributed by atoms with Crippen molar-refractivity contribution in [3.05, 3.63) is 29.6 Å². The Balaban J connectivity index is 1.43. The molecule has 27 heavy (non-hydrogen) atoms. The third-order valence-corrected chi connectivity index (χ3v) is 5.42. The SMILES string of the molecule is Cc1ccc2nc(CN(C)C(=O)NCCC(C)N3CCN(C)CC3)[nH]c2c1. The highest BCUT2D eigenvalue weighted by atomic mass is 16.2. The molecule has 0 radical (unpaired) electrons. The maximum atomic E-state index is 12.4. The summed E-state index contributed by atoms with van der Waals surface area (Å²) in [4.78, 5) is 26.8. The van der Waals surface area contributed by atoms with Crippen LogP contribution < -0.4 is 5.32 Å². The van der Waals surface area contributed by atoms with E-state index < -0.39 is 0 Å². The molecule has 2 heterocycles. The first-order chi connectivity index (χ1) is 12.9. The molecule has 3 rings (SSSR count). The standard InChI is InChI=1S/C20H32N6O/c1-15-5-6-17-18(13-15)23-19(22-17)14-25(4)20(27)21-8-7-16(2)26-11-9-24(3)10-12-26/h5-6,13,16H,7-12,14H2,1-4H3,(H,21,27)(H,22,23). The molecule has 0 saturated carbocycles. The fourth-order valence-corrected chi connectivity index (χ4v) is 3.52. The van der Waals surface area contributed by atoms with Crippen molar-refractivity contribution in [2.24, 2.45) is 0 Å². The molecule has 2 aromatic rings. The number of hydrogen-bond donors (Lipinski definition) is 2. The zero-order valence-corrected chi connectivity index (χ0v) is 17.0. The van der Waals surface area contributed by atoms with Crippen LogP contribution in [-0.4, -0.2) is 83.6 Å². The zero-order valence-electron chi connectivity index (χ0n) is 17.0. The van der Waals surface area contributed by atoms with Crippen molar-refractivity contribution in [3.8, 4) is 0 Å². The number of aromatic nitrogens is 2. The average molecular weight is 373 g/mol. The van der Waals surface area contributed by atoms with Gasteiger partial charge in [0.05, 0.1) is 17.6 Å². The van der Waals surface area contributed by atoms with Crippen LogP contribution in [0.15, 0.2) is 18.2 Å². The highest BCUT2D eigenvalue weighted by molar-refractivity contribution is 5.76. The second-order valence-electron chi connectivity index (χ2n) is 7.77. The van der Waals surface area contributed by atoms with Gasteiger partial charge in [-0.1, -0.05) is 6.07 Å². The van der Waals surface area contributed by atoms with Gasteiger partial charge in [-0.05, 0) is 45.0 Å². The van der Waals surface area contributed by atoms with Gasteiger partial charge in [-0.25, -0.2) is 9.78 Å². The predicted molar refractivity (Wildman–Crippen MR) is 109 cm³/mol. The minimum Gasteiger partial charge on any atom is -0.340 e. The summed E-state index contributed by atoms with van der Waals surface area (Å²) in [7, 11) is 3.97. The summed E-state index contributed by atoms with van der Waals surface area (Å²) in [5.41, 5.74) is 3.14. The number of carbonyl (C=O) groups excluding carboxylic acids is 1. The lowest BCUT2D eigenvalue weighted by molar-refractivity contribution is 0.114. The summed E-state index contributed by atoms with van der Waals surface area (Å²) >= 11 is 0. The Kier molecular flexibility index (Phi) is 6.34. The zero-order chi connectivity index (χ0) is 19.4. The fraction of sp³-hybridized carbons (Fsp3) is 0.600. The van der Waals surface area contributed by atoms with Gasteiger partial charge >= 0.3 is 6.03 Å². The van der Waals surface area contributed by atoms with Crippen LogP contribution in [0, 0.1) is 6.92 Å². The number of hydrogen-bond acceptors (Lipinski definition) is 4. The number of rotatable bonds is 6. The number of H-pyrrole nitrogens is 1. The second kappa shape index (κ2) is 8.71. The molecule has 148 valence electrons. The van der Waals surface area contributed by atoms with Gasteiger partial charge < -0.3 is 20.1 Å². The van der Waals surface area contributed by atoms with Crippen LogP contribution >= 0.6 is 0 Å². The van der Waals surface area contributed by atoms with Gasteiger partial charge in [0.2, 0.25) is 0 Å². The van der Waals surface area contributed by atoms with E-state index in [-0.39, 0.29) is 6.03 Å². The van der Waals surface area contributed by atoms with Crippen LogP contribution in [0.25, 0.3) is 11.0 Å². The van der Waals surface area contributed by atoms with E-state index in [0.29, 0.717) is 19.1 Å². The largest absolute Gasteiger partial charge is 0.340 e. The molecule has 1 aliphatic rings. The Morgan fingerprint density at radius 2 is 2.07 bits per heavy atom. The van der Waals surface area contributed by atoms with Gasteiger partial charge in [-0.15, -0.1) is 0 Å². The van der Waals surface area contributed by atoms with Crippen molar-refractivity contribution >= 4 is 17.1 Å². The van der Waals surface area contributed by atoms with Gasteiger partial charge in [0.15, 0.2) is 0 Å². The van der Waals surface area contributed by atoms with Crippen LogP contribution in [0.1, 0.15) is 24.7 Å². The Hall–Kier alpha value is -2.12. The summed E-state index contributed by atoms with van der Waals surface area (Å²) in [6, 6.07) is 6.56. The summed E-state index contributed by atoms with van der Waals surface area (Å²) in [6.45, 7) is 9.92. The molecule has 1 saturated heterocycles. The molecule has 7 heteroatoms. The number of piperazine rings is 1. The van der Waals surface area contributed by atoms with Crippen LogP contribution in [0.5, 0.6) is 0 Å². The second-order valence-corrected chi connectivity index (χ2v) is 7.77. The molecule has 1 aromatic carbocycles. The Morgan fingerprint density at radius 1 is 1.33 bits per heavy atom. The number of nitrogens with one attached hydrogen (secondary N) is 2. The summed E-state index contributed by atoms with van der Waals surface area (Å²) in [5, 5.41) is 3.03. The van der Waals surface area contributed by atoms with Crippen molar-refractivity contribution in [2.75, 3.05) is 46.8 Å². The molecular weight excluding hydrogens is 340 g/mol. The smallest absolute Gasteiger partial charge is 0.317 e. The number of amides is 2. The van der Waals surface area contributed by atoms with Crippen LogP contribution in [-0.2, 0) is 6.54 Å². The number of urea groups is 1. The van der Waals surface area contributed by atoms with Crippen molar-refractivity contribution < 1.29 is 4.79 Å². The Bertz CT molecular complexity index is 765. The number of benzene rings is 1. The van der Waals surface area contributed by atoms with E-state index in [1.807, 2.05) is 12.1 Å². The van der Waals surface area contributed by atoms with E-state index in [9.17, 15) is 4.79 Å². The number of nitrogens with zero attached hydrogens (tertiary/aromatic N) is 4. The molecule has 2 amide bonds. The molecule has 7 nitrogen and oxygen atoms in total. The first kappa shape index (κ1) is 19.6. The van der Waals surface area contributed by atoms with Crippen molar-refractivity contribution in [1.29, 1.82) is 0 Å². The minimum absolute atomic E-state index is 0.0581. The number of aromatic amines is 1. The van der Waals surface area contributed by atoms with E-state index >= 15 is 0 Å². The number of carbonyl (C=O) groups is 1. The first-order valence-corrected chi connectivity index (χ1v) is 9.79. The monoisotopic (exact) mass is 372 g/mol. The van der Waals surface area contributed by atoms with Crippen molar-refractivity contribution in [3.63, 3.8) is 0 Å². The average Bonchev–Trinajstić information content (AvgIpc) is 3.03. The molecular formula is C20H32N6O. The molecule has 1 atom stereocenters. The number of likely N-dealkylation sites (N-methyl/N-ethyl adjacent to an activating group) is 1. The maximum absolute atomic E-state index is 12.4. The van der Waals surface area contributed by atoms with Crippen molar-refractivity contribution in [1.82, 2.24) is 30.0 Å². The van der Waals surface area contributed by atoms with E-state index in [1.165, 1.54) is 5.56 Å². The highest BCUT2D eigenvalue weighted by Crippen LogP contribution is 2.14. The van der Waals surface area contributed by atoms with E-state index in [4.69, 9.17) is 0 Å². The Labute approximate surface area is 161 Å². The summed E-state index contributed by atoms with van der Waals surface area (Å²) in [6.07, 6.45) is 0.965. The van der Waals surface area contributed by atoms with Crippen molar-refractivity contribution in [2.45, 2.75) is 32.9 Å². The molecule has 1 aliphatic heterocycles. The van der Waals surface area contributed by atoms with Gasteiger partial charge in [0.25, 0.3) is 0 Å². The molecule has 0 spiro atoms. The van der Waals surface area contributed by atoms with Gasteiger partial charge in [0, 0.05) is 45.8 Å². The molecule has 0 aliphatic carbocycles. The molecule has 2 N–H and O–H groups in total. The Morgan fingerprint density at radius 3 is 2.81 bits per heavy atom. The lowest BCUT2D eigenvalue weighted by atomic mass is 10.1.